The first-order chi connectivity index (χ1) is 12.8. The topological polar surface area (TPSA) is 55.4 Å². The molecule has 4 nitrogen and oxygen atoms in total. The molecule has 0 aliphatic rings. The van der Waals surface area contributed by atoms with Crippen LogP contribution < -0.4 is 5.32 Å². The zero-order chi connectivity index (χ0) is 20.0. The maximum Gasteiger partial charge on any atom is 0.317 e. The molecule has 0 aliphatic carbocycles. The number of ether oxygens (including phenoxy) is 1. The largest absolute Gasteiger partial charge is 0.452 e. The second-order valence-electron chi connectivity index (χ2n) is 6.53. The fraction of sp³-hybridized carbons (Fsp3) is 0.333. The van der Waals surface area contributed by atoms with Crippen LogP contribution in [0, 0.1) is 12.7 Å². The molecule has 0 fully saturated rings. The third kappa shape index (κ3) is 5.82. The molecule has 0 aromatic heterocycles. The van der Waals surface area contributed by atoms with Gasteiger partial charge < -0.3 is 10.1 Å². The van der Waals surface area contributed by atoms with Gasteiger partial charge in [-0.2, -0.15) is 0 Å². The zero-order valence-corrected chi connectivity index (χ0v) is 16.7. The number of hydrogen-bond acceptors (Lipinski definition) is 4. The molecule has 0 radical (unpaired) electrons. The summed E-state index contributed by atoms with van der Waals surface area (Å²) in [5, 5.41) is 2.87. The third-order valence-electron chi connectivity index (χ3n) is 4.03. The van der Waals surface area contributed by atoms with Crippen LogP contribution in [0.15, 0.2) is 47.4 Å². The minimum atomic E-state index is -0.946. The van der Waals surface area contributed by atoms with Crippen LogP contribution in [-0.4, -0.2) is 23.7 Å². The van der Waals surface area contributed by atoms with Crippen molar-refractivity contribution in [3.05, 3.63) is 59.4 Å². The molecule has 0 saturated heterocycles. The van der Waals surface area contributed by atoms with Crippen molar-refractivity contribution in [3.63, 3.8) is 0 Å². The summed E-state index contributed by atoms with van der Waals surface area (Å²) in [5.41, 5.74) is 2.72. The molecule has 1 atom stereocenters. The molecule has 0 heterocycles. The van der Waals surface area contributed by atoms with Gasteiger partial charge in [-0.05, 0) is 43.0 Å². The van der Waals surface area contributed by atoms with E-state index < -0.39 is 18.0 Å². The lowest BCUT2D eigenvalue weighted by Gasteiger charge is -2.19. The van der Waals surface area contributed by atoms with E-state index in [9.17, 15) is 14.0 Å². The lowest BCUT2D eigenvalue weighted by atomic mass is 9.98. The van der Waals surface area contributed by atoms with Gasteiger partial charge in [0.1, 0.15) is 5.82 Å². The van der Waals surface area contributed by atoms with Gasteiger partial charge in [0.2, 0.25) is 0 Å². The van der Waals surface area contributed by atoms with E-state index in [1.54, 1.807) is 18.2 Å². The molecule has 2 rings (SSSR count). The van der Waals surface area contributed by atoms with Gasteiger partial charge in [-0.3, -0.25) is 9.59 Å². The Labute approximate surface area is 163 Å². The van der Waals surface area contributed by atoms with E-state index >= 15 is 0 Å². The maximum absolute atomic E-state index is 13.6. The number of nitrogens with one attached hydrogen (secondary N) is 1. The first-order valence-electron chi connectivity index (χ1n) is 8.76. The van der Waals surface area contributed by atoms with Gasteiger partial charge in [-0.15, -0.1) is 11.8 Å². The highest BCUT2D eigenvalue weighted by Crippen LogP contribution is 2.27. The van der Waals surface area contributed by atoms with Gasteiger partial charge in [-0.25, -0.2) is 4.39 Å². The van der Waals surface area contributed by atoms with Gasteiger partial charge in [0.05, 0.1) is 5.75 Å². The van der Waals surface area contributed by atoms with Crippen molar-refractivity contribution in [1.82, 2.24) is 0 Å². The van der Waals surface area contributed by atoms with Crippen LogP contribution in [0.25, 0.3) is 0 Å². The van der Waals surface area contributed by atoms with E-state index in [1.807, 2.05) is 39.0 Å². The number of esters is 1. The summed E-state index contributed by atoms with van der Waals surface area (Å²) >= 11 is 1.04. The molecule has 1 amide bonds. The number of hydrogen-bond donors (Lipinski definition) is 1. The molecule has 1 N–H and O–H groups in total. The monoisotopic (exact) mass is 389 g/mol. The molecule has 0 bridgehead atoms. The molecular weight excluding hydrogens is 365 g/mol. The van der Waals surface area contributed by atoms with Gasteiger partial charge >= 0.3 is 5.97 Å². The normalized spacial score (nSPS) is 11.9. The van der Waals surface area contributed by atoms with E-state index in [1.165, 1.54) is 13.0 Å². The van der Waals surface area contributed by atoms with Gasteiger partial charge in [-0.1, -0.05) is 44.2 Å². The van der Waals surface area contributed by atoms with Crippen molar-refractivity contribution in [2.24, 2.45) is 0 Å². The molecular formula is C21H24FNO3S. The number of carbonyl (C=O) groups is 2. The van der Waals surface area contributed by atoms with Gasteiger partial charge in [0, 0.05) is 10.6 Å². The molecule has 0 aliphatic heterocycles. The van der Waals surface area contributed by atoms with Crippen molar-refractivity contribution in [2.75, 3.05) is 11.1 Å². The van der Waals surface area contributed by atoms with E-state index in [0.717, 1.165) is 28.6 Å². The Morgan fingerprint density at radius 3 is 2.48 bits per heavy atom. The van der Waals surface area contributed by atoms with Crippen molar-refractivity contribution in [1.29, 1.82) is 0 Å². The molecule has 2 aromatic rings. The smallest absolute Gasteiger partial charge is 0.317 e. The summed E-state index contributed by atoms with van der Waals surface area (Å²) in [7, 11) is 0. The van der Waals surface area contributed by atoms with E-state index in [2.05, 4.69) is 5.32 Å². The Hall–Kier alpha value is -2.34. The molecule has 0 saturated carbocycles. The van der Waals surface area contributed by atoms with Crippen LogP contribution in [-0.2, 0) is 14.3 Å². The molecule has 0 unspecified atom stereocenters. The van der Waals surface area contributed by atoms with Crippen molar-refractivity contribution >= 4 is 29.3 Å². The second kappa shape index (κ2) is 9.55. The number of aryl methyl sites for hydroxylation is 1. The average Bonchev–Trinajstić information content (AvgIpc) is 2.62. The van der Waals surface area contributed by atoms with Gasteiger partial charge in [0.15, 0.2) is 6.10 Å². The highest BCUT2D eigenvalue weighted by Gasteiger charge is 2.20. The molecule has 0 spiro atoms. The number of halogens is 1. The summed E-state index contributed by atoms with van der Waals surface area (Å²) in [5.74, 6) is -1.17. The third-order valence-corrected chi connectivity index (χ3v) is 5.06. The zero-order valence-electron chi connectivity index (χ0n) is 15.9. The average molecular weight is 389 g/mol. The SMILES string of the molecule is Cc1cccc(C(C)C)c1NC(=O)[C@@H](C)OC(=O)CSc1ccccc1F. The van der Waals surface area contributed by atoms with Crippen LogP contribution in [0.2, 0.25) is 0 Å². The number of benzene rings is 2. The number of carbonyl (C=O) groups excluding carboxylic acids is 2. The Morgan fingerprint density at radius 2 is 1.81 bits per heavy atom. The minimum Gasteiger partial charge on any atom is -0.452 e. The summed E-state index contributed by atoms with van der Waals surface area (Å²) in [4.78, 5) is 24.8. The lowest BCUT2D eigenvalue weighted by Crippen LogP contribution is -2.31. The first kappa shape index (κ1) is 21.0. The maximum atomic E-state index is 13.6. The fourth-order valence-electron chi connectivity index (χ4n) is 2.55. The molecule has 27 heavy (non-hydrogen) atoms. The van der Waals surface area contributed by atoms with Crippen molar-refractivity contribution in [2.45, 2.75) is 44.6 Å². The Morgan fingerprint density at radius 1 is 1.11 bits per heavy atom. The first-order valence-corrected chi connectivity index (χ1v) is 9.75. The number of para-hydroxylation sites is 1. The summed E-state index contributed by atoms with van der Waals surface area (Å²) < 4.78 is 18.8. The van der Waals surface area contributed by atoms with Crippen LogP contribution in [0.5, 0.6) is 0 Å². The molecule has 2 aromatic carbocycles. The minimum absolute atomic E-state index is 0.0693. The van der Waals surface area contributed by atoms with E-state index in [-0.39, 0.29) is 17.5 Å². The number of thioether (sulfide) groups is 1. The summed E-state index contributed by atoms with van der Waals surface area (Å²) in [6.07, 6.45) is -0.946. The second-order valence-corrected chi connectivity index (χ2v) is 7.55. The van der Waals surface area contributed by atoms with Gasteiger partial charge in [0.25, 0.3) is 5.91 Å². The highest BCUT2D eigenvalue weighted by atomic mass is 32.2. The van der Waals surface area contributed by atoms with Crippen LogP contribution >= 0.6 is 11.8 Å². The predicted octanol–water partition coefficient (Wildman–Crippen LogP) is 4.92. The fourth-order valence-corrected chi connectivity index (χ4v) is 3.27. The predicted molar refractivity (Wildman–Crippen MR) is 107 cm³/mol. The molecule has 6 heteroatoms. The standard InChI is InChI=1S/C21H24FNO3S/c1-13(2)16-9-7-8-14(3)20(16)23-21(25)15(4)26-19(24)12-27-18-11-6-5-10-17(18)22/h5-11,13,15H,12H2,1-4H3,(H,23,25)/t15-/m1/s1. The van der Waals surface area contributed by atoms with Crippen LogP contribution in [0.1, 0.15) is 37.8 Å². The van der Waals surface area contributed by atoms with Crippen LogP contribution in [0.3, 0.4) is 0 Å². The number of amides is 1. The number of rotatable bonds is 7. The highest BCUT2D eigenvalue weighted by molar-refractivity contribution is 8.00. The van der Waals surface area contributed by atoms with E-state index in [0.29, 0.717) is 4.90 Å². The number of anilines is 1. The van der Waals surface area contributed by atoms with Crippen molar-refractivity contribution in [3.8, 4) is 0 Å². The van der Waals surface area contributed by atoms with Crippen molar-refractivity contribution < 1.29 is 18.7 Å². The Bertz CT molecular complexity index is 823. The summed E-state index contributed by atoms with van der Waals surface area (Å²) in [6.45, 7) is 7.54. The van der Waals surface area contributed by atoms with Crippen LogP contribution in [0.4, 0.5) is 10.1 Å². The summed E-state index contributed by atoms with van der Waals surface area (Å²) in [6, 6.07) is 12.0. The molecule has 144 valence electrons. The lowest BCUT2D eigenvalue weighted by molar-refractivity contribution is -0.150. The van der Waals surface area contributed by atoms with E-state index in [4.69, 9.17) is 4.74 Å². The quantitative estimate of drug-likeness (QED) is 0.539. The Balaban J connectivity index is 1.94. The Kier molecular flexibility index (Phi) is 7.42.